The van der Waals surface area contributed by atoms with Gasteiger partial charge < -0.3 is 15.0 Å². The van der Waals surface area contributed by atoms with E-state index in [1.165, 1.54) is 5.69 Å². The zero-order valence-corrected chi connectivity index (χ0v) is 15.6. The van der Waals surface area contributed by atoms with Crippen molar-refractivity contribution in [2.75, 3.05) is 50.1 Å². The number of methoxy groups -OCH3 is 1. The molecule has 1 heterocycles. The van der Waals surface area contributed by atoms with Crippen molar-refractivity contribution in [1.29, 1.82) is 0 Å². The third-order valence-corrected chi connectivity index (χ3v) is 4.70. The number of carbonyl (C=O) groups excluding carboxylic acids is 1. The highest BCUT2D eigenvalue weighted by Crippen LogP contribution is 2.20. The summed E-state index contributed by atoms with van der Waals surface area (Å²) in [7, 11) is 1.68. The van der Waals surface area contributed by atoms with Crippen LogP contribution >= 0.6 is 0 Å². The second-order valence-corrected chi connectivity index (χ2v) is 6.73. The normalized spacial score (nSPS) is 15.4. The van der Waals surface area contributed by atoms with Crippen molar-refractivity contribution in [3.8, 4) is 5.75 Å². The van der Waals surface area contributed by atoms with Crippen LogP contribution in [0, 0.1) is 6.92 Å². The maximum absolute atomic E-state index is 12.3. The molecule has 1 N–H and O–H groups in total. The van der Waals surface area contributed by atoms with E-state index in [1.54, 1.807) is 7.11 Å². The number of aryl methyl sites for hydroxylation is 1. The van der Waals surface area contributed by atoms with Gasteiger partial charge >= 0.3 is 0 Å². The molecule has 5 nitrogen and oxygen atoms in total. The smallest absolute Gasteiger partial charge is 0.238 e. The Morgan fingerprint density at radius 3 is 2.62 bits per heavy atom. The summed E-state index contributed by atoms with van der Waals surface area (Å²) < 4.78 is 5.23. The van der Waals surface area contributed by atoms with E-state index in [0.29, 0.717) is 6.54 Å². The van der Waals surface area contributed by atoms with E-state index in [4.69, 9.17) is 4.74 Å². The predicted octanol–water partition coefficient (Wildman–Crippen LogP) is 3.15. The molecule has 3 rings (SSSR count). The summed E-state index contributed by atoms with van der Waals surface area (Å²) in [5, 5.41) is 3.00. The highest BCUT2D eigenvalue weighted by Gasteiger charge is 2.17. The molecule has 1 fully saturated rings. The van der Waals surface area contributed by atoms with E-state index in [9.17, 15) is 4.79 Å². The maximum atomic E-state index is 12.3. The molecule has 1 amide bonds. The molecule has 0 spiro atoms. The zero-order valence-electron chi connectivity index (χ0n) is 15.6. The van der Waals surface area contributed by atoms with Crippen LogP contribution in [0.2, 0.25) is 0 Å². The lowest BCUT2D eigenvalue weighted by molar-refractivity contribution is -0.117. The summed E-state index contributed by atoms with van der Waals surface area (Å²) in [6.07, 6.45) is 1.05. The Balaban J connectivity index is 1.52. The molecule has 138 valence electrons. The largest absolute Gasteiger partial charge is 0.497 e. The van der Waals surface area contributed by atoms with Crippen LogP contribution in [-0.2, 0) is 4.79 Å². The average molecular weight is 353 g/mol. The van der Waals surface area contributed by atoms with Gasteiger partial charge in [-0.2, -0.15) is 0 Å². The summed E-state index contributed by atoms with van der Waals surface area (Å²) in [5.41, 5.74) is 3.22. The Bertz CT molecular complexity index is 730. The number of amides is 1. The number of benzene rings is 2. The van der Waals surface area contributed by atoms with Crippen LogP contribution in [0.15, 0.2) is 48.5 Å². The fourth-order valence-electron chi connectivity index (χ4n) is 3.31. The Hall–Kier alpha value is -2.53. The van der Waals surface area contributed by atoms with Crippen LogP contribution in [-0.4, -0.2) is 50.6 Å². The van der Waals surface area contributed by atoms with Gasteiger partial charge in [-0.3, -0.25) is 9.69 Å². The predicted molar refractivity (Wildman–Crippen MR) is 106 cm³/mol. The third-order valence-electron chi connectivity index (χ3n) is 4.70. The van der Waals surface area contributed by atoms with Gasteiger partial charge in [-0.1, -0.05) is 12.1 Å². The number of rotatable bonds is 5. The van der Waals surface area contributed by atoms with Crippen molar-refractivity contribution in [2.45, 2.75) is 13.3 Å². The number of nitrogens with zero attached hydrogens (tertiary/aromatic N) is 2. The van der Waals surface area contributed by atoms with Gasteiger partial charge in [0.15, 0.2) is 0 Å². The molecule has 0 atom stereocenters. The summed E-state index contributed by atoms with van der Waals surface area (Å²) in [6.45, 7) is 6.20. The lowest BCUT2D eigenvalue weighted by Crippen LogP contribution is -2.36. The standard InChI is InChI=1S/C21H27N3O2/c1-17-5-3-6-18(15-17)22-21(25)16-23-11-4-12-24(14-13-23)19-7-9-20(26-2)10-8-19/h3,5-10,15H,4,11-14,16H2,1-2H3,(H,22,25). The minimum Gasteiger partial charge on any atom is -0.497 e. The molecule has 1 aliphatic heterocycles. The number of anilines is 2. The van der Waals surface area contributed by atoms with Gasteiger partial charge in [-0.15, -0.1) is 0 Å². The van der Waals surface area contributed by atoms with E-state index < -0.39 is 0 Å². The number of nitrogens with one attached hydrogen (secondary N) is 1. The molecule has 1 aliphatic rings. The van der Waals surface area contributed by atoms with Crippen LogP contribution in [0.25, 0.3) is 0 Å². The zero-order chi connectivity index (χ0) is 18.4. The second kappa shape index (κ2) is 8.72. The van der Waals surface area contributed by atoms with Crippen molar-refractivity contribution in [3.63, 3.8) is 0 Å². The molecular formula is C21H27N3O2. The van der Waals surface area contributed by atoms with Crippen molar-refractivity contribution in [2.24, 2.45) is 0 Å². The SMILES string of the molecule is COc1ccc(N2CCCN(CC(=O)Nc3cccc(C)c3)CC2)cc1. The fraction of sp³-hybridized carbons (Fsp3) is 0.381. The van der Waals surface area contributed by atoms with Crippen molar-refractivity contribution in [3.05, 3.63) is 54.1 Å². The number of ether oxygens (including phenoxy) is 1. The first-order valence-corrected chi connectivity index (χ1v) is 9.12. The van der Waals surface area contributed by atoms with Gasteiger partial charge in [0.05, 0.1) is 13.7 Å². The van der Waals surface area contributed by atoms with Crippen molar-refractivity contribution >= 4 is 17.3 Å². The summed E-state index contributed by atoms with van der Waals surface area (Å²) in [5.74, 6) is 0.923. The summed E-state index contributed by atoms with van der Waals surface area (Å²) in [4.78, 5) is 16.9. The van der Waals surface area contributed by atoms with E-state index >= 15 is 0 Å². The van der Waals surface area contributed by atoms with Crippen LogP contribution in [0.3, 0.4) is 0 Å². The van der Waals surface area contributed by atoms with Crippen molar-refractivity contribution < 1.29 is 9.53 Å². The molecule has 0 saturated carbocycles. The number of hydrogen-bond acceptors (Lipinski definition) is 4. The van der Waals surface area contributed by atoms with Gasteiger partial charge in [0.1, 0.15) is 5.75 Å². The molecule has 5 heteroatoms. The van der Waals surface area contributed by atoms with Crippen LogP contribution < -0.4 is 15.0 Å². The molecule has 0 radical (unpaired) electrons. The highest BCUT2D eigenvalue weighted by molar-refractivity contribution is 5.92. The van der Waals surface area contributed by atoms with Gasteiger partial charge in [0.2, 0.25) is 5.91 Å². The molecule has 0 bridgehead atoms. The molecule has 0 aromatic heterocycles. The topological polar surface area (TPSA) is 44.8 Å². The second-order valence-electron chi connectivity index (χ2n) is 6.73. The molecule has 0 aliphatic carbocycles. The lowest BCUT2D eigenvalue weighted by Gasteiger charge is -2.23. The monoisotopic (exact) mass is 353 g/mol. The minimum atomic E-state index is 0.0495. The molecule has 26 heavy (non-hydrogen) atoms. The maximum Gasteiger partial charge on any atom is 0.238 e. The fourth-order valence-corrected chi connectivity index (χ4v) is 3.31. The lowest BCUT2D eigenvalue weighted by atomic mass is 10.2. The van der Waals surface area contributed by atoms with E-state index in [2.05, 4.69) is 27.2 Å². The first-order valence-electron chi connectivity index (χ1n) is 9.12. The average Bonchev–Trinajstić information content (AvgIpc) is 2.87. The van der Waals surface area contributed by atoms with E-state index in [-0.39, 0.29) is 5.91 Å². The Labute approximate surface area is 155 Å². The molecule has 2 aromatic carbocycles. The van der Waals surface area contributed by atoms with Gasteiger partial charge in [0.25, 0.3) is 0 Å². The Morgan fingerprint density at radius 2 is 1.88 bits per heavy atom. The molecule has 0 unspecified atom stereocenters. The first-order chi connectivity index (χ1) is 12.6. The Kier molecular flexibility index (Phi) is 6.12. The van der Waals surface area contributed by atoms with Crippen molar-refractivity contribution in [1.82, 2.24) is 4.90 Å². The van der Waals surface area contributed by atoms with E-state index in [0.717, 1.165) is 49.6 Å². The van der Waals surface area contributed by atoms with Crippen LogP contribution in [0.4, 0.5) is 11.4 Å². The highest BCUT2D eigenvalue weighted by atomic mass is 16.5. The molecule has 2 aromatic rings. The number of hydrogen-bond donors (Lipinski definition) is 1. The quantitative estimate of drug-likeness (QED) is 0.897. The summed E-state index contributed by atoms with van der Waals surface area (Å²) >= 11 is 0. The van der Waals surface area contributed by atoms with Gasteiger partial charge in [-0.05, 0) is 55.3 Å². The minimum absolute atomic E-state index is 0.0495. The molecule has 1 saturated heterocycles. The third kappa shape index (κ3) is 4.99. The van der Waals surface area contributed by atoms with E-state index in [1.807, 2.05) is 43.3 Å². The van der Waals surface area contributed by atoms with Crippen LogP contribution in [0.5, 0.6) is 5.75 Å². The first kappa shape index (κ1) is 18.3. The number of carbonyl (C=O) groups is 1. The Morgan fingerprint density at radius 1 is 1.08 bits per heavy atom. The van der Waals surface area contributed by atoms with Crippen LogP contribution in [0.1, 0.15) is 12.0 Å². The van der Waals surface area contributed by atoms with Gasteiger partial charge in [0, 0.05) is 37.6 Å². The van der Waals surface area contributed by atoms with Gasteiger partial charge in [-0.25, -0.2) is 0 Å². The molecular weight excluding hydrogens is 326 g/mol. The summed E-state index contributed by atoms with van der Waals surface area (Å²) in [6, 6.07) is 16.1.